The van der Waals surface area contributed by atoms with E-state index in [1.807, 2.05) is 0 Å². The molecule has 11 heteroatoms. The molecule has 224 valence electrons. The van der Waals surface area contributed by atoms with Crippen molar-refractivity contribution in [2.24, 2.45) is 0 Å². The number of hydrogen-bond acceptors (Lipinski definition) is 6. The fourth-order valence-electron chi connectivity index (χ4n) is 6.68. The molecule has 2 heterocycles. The Balaban J connectivity index is 1.74. The van der Waals surface area contributed by atoms with Crippen LogP contribution in [-0.4, -0.2) is 42.8 Å². The summed E-state index contributed by atoms with van der Waals surface area (Å²) in [5, 5.41) is 13.6. The van der Waals surface area contributed by atoms with E-state index >= 15 is 0 Å². The van der Waals surface area contributed by atoms with E-state index < -0.39 is 25.9 Å². The van der Waals surface area contributed by atoms with E-state index in [9.17, 15) is 17.6 Å². The van der Waals surface area contributed by atoms with Crippen molar-refractivity contribution in [2.45, 2.75) is 102 Å². The minimum Gasteiger partial charge on any atom is -0.496 e. The van der Waals surface area contributed by atoms with Crippen molar-refractivity contribution in [1.29, 1.82) is 0 Å². The first kappa shape index (κ1) is 31.1. The van der Waals surface area contributed by atoms with Crippen LogP contribution in [0.15, 0.2) is 30.6 Å². The van der Waals surface area contributed by atoms with Gasteiger partial charge in [-0.1, -0.05) is 54.4 Å². The number of ether oxygens (including phenoxy) is 1. The first-order valence-corrected chi connectivity index (χ1v) is 16.4. The van der Waals surface area contributed by atoms with Crippen LogP contribution < -0.4 is 10.1 Å². The van der Waals surface area contributed by atoms with E-state index in [1.54, 1.807) is 18.5 Å². The highest BCUT2D eigenvalue weighted by molar-refractivity contribution is 6.77. The average molecular weight is 593 g/mol. The van der Waals surface area contributed by atoms with Crippen LogP contribution >= 0.6 is 0 Å². The second-order valence-corrected chi connectivity index (χ2v) is 17.3. The average Bonchev–Trinajstić information content (AvgIpc) is 2.91. The minimum absolute atomic E-state index is 0.00785. The van der Waals surface area contributed by atoms with Gasteiger partial charge in [0.25, 0.3) is 0 Å². The molecule has 2 aromatic heterocycles. The summed E-state index contributed by atoms with van der Waals surface area (Å²) in [6.07, 6.45) is 2.35. The number of benzene rings is 1. The first-order chi connectivity index (χ1) is 19.3. The molecule has 1 aromatic carbocycles. The van der Waals surface area contributed by atoms with Crippen LogP contribution in [0, 0.1) is 5.82 Å². The molecule has 0 amide bonds. The lowest BCUT2D eigenvalue weighted by Crippen LogP contribution is -2.54. The number of alkyl halides is 3. The zero-order valence-corrected chi connectivity index (χ0v) is 25.8. The summed E-state index contributed by atoms with van der Waals surface area (Å²) in [6, 6.07) is 3.16. The molecule has 3 aromatic rings. The third kappa shape index (κ3) is 6.06. The Bertz CT molecular complexity index is 1340. The Hall–Kier alpha value is -2.79. The number of halogens is 4. The molecular formula is C30H40F4N4O2Si. The van der Waals surface area contributed by atoms with Crippen LogP contribution in [0.3, 0.4) is 0 Å². The molecule has 0 radical (unpaired) electrons. The highest BCUT2D eigenvalue weighted by Crippen LogP contribution is 2.45. The number of nitrogens with one attached hydrogen (secondary N) is 1. The summed E-state index contributed by atoms with van der Waals surface area (Å²) in [5.41, 5.74) is 0.241. The van der Waals surface area contributed by atoms with Gasteiger partial charge in [0.2, 0.25) is 8.32 Å². The van der Waals surface area contributed by atoms with Gasteiger partial charge >= 0.3 is 6.18 Å². The Morgan fingerprint density at radius 2 is 1.61 bits per heavy atom. The number of hydrogen-bond donors (Lipinski definition) is 1. The van der Waals surface area contributed by atoms with Crippen molar-refractivity contribution in [3.8, 4) is 17.0 Å². The van der Waals surface area contributed by atoms with Gasteiger partial charge in [-0.2, -0.15) is 13.2 Å². The lowest BCUT2D eigenvalue weighted by Gasteiger charge is -2.47. The number of methoxy groups -OCH3 is 1. The van der Waals surface area contributed by atoms with E-state index in [2.05, 4.69) is 62.0 Å². The normalized spacial score (nSPS) is 18.5. The van der Waals surface area contributed by atoms with Crippen molar-refractivity contribution >= 4 is 24.9 Å². The van der Waals surface area contributed by atoms with Crippen LogP contribution in [0.25, 0.3) is 22.0 Å². The van der Waals surface area contributed by atoms with Gasteiger partial charge in [-0.3, -0.25) is 4.98 Å². The van der Waals surface area contributed by atoms with Gasteiger partial charge in [0.1, 0.15) is 17.3 Å². The number of aromatic nitrogens is 3. The Kier molecular flexibility index (Phi) is 9.28. The molecule has 0 aliphatic heterocycles. The van der Waals surface area contributed by atoms with Crippen LogP contribution in [0.2, 0.25) is 16.6 Å². The van der Waals surface area contributed by atoms with Crippen molar-refractivity contribution in [1.82, 2.24) is 15.2 Å². The van der Waals surface area contributed by atoms with Gasteiger partial charge in [0.05, 0.1) is 24.8 Å². The van der Waals surface area contributed by atoms with E-state index in [4.69, 9.17) is 9.16 Å². The van der Waals surface area contributed by atoms with Gasteiger partial charge in [0.15, 0.2) is 5.82 Å². The maximum absolute atomic E-state index is 14.6. The monoisotopic (exact) mass is 592 g/mol. The Morgan fingerprint density at radius 1 is 0.951 bits per heavy atom. The van der Waals surface area contributed by atoms with E-state index in [1.165, 1.54) is 7.11 Å². The molecule has 2 atom stereocenters. The van der Waals surface area contributed by atoms with Crippen molar-refractivity contribution in [3.05, 3.63) is 42.0 Å². The zero-order chi connectivity index (χ0) is 30.1. The molecule has 4 rings (SSSR count). The Morgan fingerprint density at radius 3 is 2.22 bits per heavy atom. The largest absolute Gasteiger partial charge is 0.496 e. The molecule has 0 spiro atoms. The SMILES string of the molecule is COc1cc(C(F)(F)F)c(F)cc1-c1nnc(N[C@@H]2CCCC[C@H]2O[Si](C(C)C)(C(C)C)C(C)C)c2cnccc12. The smallest absolute Gasteiger partial charge is 0.419 e. The molecular weight excluding hydrogens is 552 g/mol. The quantitative estimate of drug-likeness (QED) is 0.198. The number of fused-ring (bicyclic) bond motifs is 1. The molecule has 1 N–H and O–H groups in total. The van der Waals surface area contributed by atoms with E-state index in [0.29, 0.717) is 39.3 Å². The fraction of sp³-hybridized carbons (Fsp3) is 0.567. The van der Waals surface area contributed by atoms with Crippen molar-refractivity contribution < 1.29 is 26.7 Å². The van der Waals surface area contributed by atoms with E-state index in [0.717, 1.165) is 31.7 Å². The summed E-state index contributed by atoms with van der Waals surface area (Å²) in [7, 11) is -0.895. The summed E-state index contributed by atoms with van der Waals surface area (Å²) < 4.78 is 67.1. The van der Waals surface area contributed by atoms with Gasteiger partial charge in [-0.05, 0) is 47.7 Å². The molecule has 0 unspecified atom stereocenters. The fourth-order valence-corrected chi connectivity index (χ4v) is 12.3. The van der Waals surface area contributed by atoms with Crippen molar-refractivity contribution in [2.75, 3.05) is 12.4 Å². The summed E-state index contributed by atoms with van der Waals surface area (Å²) in [6.45, 7) is 13.7. The predicted molar refractivity (Wildman–Crippen MR) is 156 cm³/mol. The predicted octanol–water partition coefficient (Wildman–Crippen LogP) is 8.77. The van der Waals surface area contributed by atoms with E-state index in [-0.39, 0.29) is 29.2 Å². The second-order valence-electron chi connectivity index (χ2n) is 11.9. The van der Waals surface area contributed by atoms with Crippen LogP contribution in [-0.2, 0) is 10.6 Å². The first-order valence-electron chi connectivity index (χ1n) is 14.3. The van der Waals surface area contributed by atoms with Crippen LogP contribution in [0.5, 0.6) is 5.75 Å². The van der Waals surface area contributed by atoms with Crippen LogP contribution in [0.1, 0.15) is 72.8 Å². The maximum Gasteiger partial charge on any atom is 0.419 e. The van der Waals surface area contributed by atoms with Crippen LogP contribution in [0.4, 0.5) is 23.4 Å². The maximum atomic E-state index is 14.6. The van der Waals surface area contributed by atoms with Gasteiger partial charge < -0.3 is 14.5 Å². The number of nitrogens with zero attached hydrogens (tertiary/aromatic N) is 3. The zero-order valence-electron chi connectivity index (χ0n) is 24.8. The topological polar surface area (TPSA) is 69.2 Å². The minimum atomic E-state index is -4.86. The second kappa shape index (κ2) is 12.2. The molecule has 0 bridgehead atoms. The molecule has 0 saturated heterocycles. The molecule has 1 aliphatic rings. The molecule has 1 aliphatic carbocycles. The number of anilines is 1. The summed E-state index contributed by atoms with van der Waals surface area (Å²) in [4.78, 5) is 4.27. The molecule has 6 nitrogen and oxygen atoms in total. The highest BCUT2D eigenvalue weighted by Gasteiger charge is 2.48. The number of rotatable bonds is 9. The van der Waals surface area contributed by atoms with Gasteiger partial charge in [-0.25, -0.2) is 4.39 Å². The molecule has 41 heavy (non-hydrogen) atoms. The number of pyridine rings is 1. The lowest BCUT2D eigenvalue weighted by molar-refractivity contribution is -0.140. The summed E-state index contributed by atoms with van der Waals surface area (Å²) >= 11 is 0. The molecule has 1 fully saturated rings. The standard InChI is InChI=1S/C30H40F4N4O2Si/c1-17(2)41(18(3)4,19(5)6)40-26-11-9-8-10-25(26)36-29-22-16-35-13-12-20(22)28(37-38-29)21-14-24(31)23(30(32,33)34)15-27(21)39-7/h12-19,25-26H,8-11H2,1-7H3,(H,36,38)/t25-,26-/m1/s1. The summed E-state index contributed by atoms with van der Waals surface area (Å²) in [5.74, 6) is -1.05. The highest BCUT2D eigenvalue weighted by atomic mass is 28.4. The lowest BCUT2D eigenvalue weighted by atomic mass is 9.92. The third-order valence-electron chi connectivity index (χ3n) is 8.52. The third-order valence-corrected chi connectivity index (χ3v) is 14.6. The molecule has 1 saturated carbocycles. The van der Waals surface area contributed by atoms with Crippen molar-refractivity contribution in [3.63, 3.8) is 0 Å². The van der Waals surface area contributed by atoms with Gasteiger partial charge in [0, 0.05) is 28.7 Å². The van der Waals surface area contributed by atoms with Gasteiger partial charge in [-0.15, -0.1) is 10.2 Å². The Labute approximate surface area is 240 Å².